The Morgan fingerprint density at radius 2 is 2.14 bits per heavy atom. The van der Waals surface area contributed by atoms with Gasteiger partial charge in [0.1, 0.15) is 0 Å². The van der Waals surface area contributed by atoms with Gasteiger partial charge in [-0.1, -0.05) is 6.92 Å². The van der Waals surface area contributed by atoms with Gasteiger partial charge in [-0.05, 0) is 44.9 Å². The molecule has 2 rings (SSSR count). The Morgan fingerprint density at radius 1 is 1.36 bits per heavy atom. The van der Waals surface area contributed by atoms with Crippen molar-refractivity contribution in [1.82, 2.24) is 15.6 Å². The topological polar surface area (TPSA) is 74.2 Å². The molecule has 3 N–H and O–H groups in total. The van der Waals surface area contributed by atoms with Crippen LogP contribution in [0.4, 0.5) is 4.79 Å². The fourth-order valence-electron chi connectivity index (χ4n) is 2.51. The highest BCUT2D eigenvalue weighted by Gasteiger charge is 2.15. The first-order valence-corrected chi connectivity index (χ1v) is 9.04. The summed E-state index contributed by atoms with van der Waals surface area (Å²) in [5.74, 6) is 0.0624. The van der Waals surface area contributed by atoms with Gasteiger partial charge in [-0.2, -0.15) is 0 Å². The molecular formula is C16H27N3O2S. The van der Waals surface area contributed by atoms with Gasteiger partial charge in [0.15, 0.2) is 0 Å². The van der Waals surface area contributed by atoms with E-state index < -0.39 is 0 Å². The summed E-state index contributed by atoms with van der Waals surface area (Å²) in [5.41, 5.74) is 1.31. The van der Waals surface area contributed by atoms with Crippen molar-refractivity contribution in [3.8, 4) is 0 Å². The number of fused-ring (bicyclic) bond motifs is 1. The molecule has 124 valence electrons. The number of aromatic nitrogens is 1. The number of hydrogen-bond acceptors (Lipinski definition) is 4. The van der Waals surface area contributed by atoms with Crippen molar-refractivity contribution >= 4 is 17.4 Å². The predicted molar refractivity (Wildman–Crippen MR) is 89.3 cm³/mol. The maximum atomic E-state index is 11.7. The lowest BCUT2D eigenvalue weighted by molar-refractivity contribution is 0.200. The first kappa shape index (κ1) is 17.2. The van der Waals surface area contributed by atoms with Crippen molar-refractivity contribution in [3.05, 3.63) is 15.6 Å². The molecule has 0 aliphatic heterocycles. The van der Waals surface area contributed by atoms with Gasteiger partial charge < -0.3 is 15.7 Å². The number of carbonyl (C=O) groups excluding carboxylic acids is 1. The minimum Gasteiger partial charge on any atom is -0.396 e. The number of carbonyl (C=O) groups is 1. The van der Waals surface area contributed by atoms with E-state index in [1.54, 1.807) is 0 Å². The van der Waals surface area contributed by atoms with Crippen LogP contribution >= 0.6 is 11.3 Å². The summed E-state index contributed by atoms with van der Waals surface area (Å²) in [6.07, 6.45) is 6.72. The van der Waals surface area contributed by atoms with Crippen LogP contribution in [0.25, 0.3) is 0 Å². The minimum atomic E-state index is -0.161. The highest BCUT2D eigenvalue weighted by Crippen LogP contribution is 2.27. The Kier molecular flexibility index (Phi) is 6.64. The summed E-state index contributed by atoms with van der Waals surface area (Å²) in [7, 11) is 0. The molecule has 1 heterocycles. The largest absolute Gasteiger partial charge is 0.396 e. The summed E-state index contributed by atoms with van der Waals surface area (Å²) in [6, 6.07) is -0.193. The van der Waals surface area contributed by atoms with Crippen LogP contribution < -0.4 is 10.6 Å². The standard InChI is InChI=1S/C16H27N3O2S/c1-11(10-20)12(2)18-16(21)17-9-5-8-15-19-13-6-3-4-7-14(13)22-15/h11-12,20H,3-10H2,1-2H3,(H2,17,18,21). The zero-order valence-corrected chi connectivity index (χ0v) is 14.3. The molecule has 1 aromatic rings. The second-order valence-electron chi connectivity index (χ2n) is 6.14. The van der Waals surface area contributed by atoms with Gasteiger partial charge in [-0.15, -0.1) is 11.3 Å². The number of nitrogens with one attached hydrogen (secondary N) is 2. The van der Waals surface area contributed by atoms with E-state index in [9.17, 15) is 4.79 Å². The molecule has 6 heteroatoms. The van der Waals surface area contributed by atoms with Crippen molar-refractivity contribution in [2.24, 2.45) is 5.92 Å². The number of rotatable bonds is 7. The van der Waals surface area contributed by atoms with E-state index in [-0.39, 0.29) is 24.6 Å². The third-order valence-corrected chi connectivity index (χ3v) is 5.46. The molecule has 2 atom stereocenters. The van der Waals surface area contributed by atoms with Crippen molar-refractivity contribution in [2.75, 3.05) is 13.2 Å². The summed E-state index contributed by atoms with van der Waals surface area (Å²) < 4.78 is 0. The molecule has 22 heavy (non-hydrogen) atoms. The summed E-state index contributed by atoms with van der Waals surface area (Å²) in [5, 5.41) is 16.0. The molecule has 0 bridgehead atoms. The van der Waals surface area contributed by atoms with Crippen LogP contribution in [0.15, 0.2) is 0 Å². The predicted octanol–water partition coefficient (Wildman–Crippen LogP) is 2.27. The molecule has 0 spiro atoms. The first-order chi connectivity index (χ1) is 10.6. The van der Waals surface area contributed by atoms with Crippen LogP contribution in [-0.4, -0.2) is 35.3 Å². The molecule has 0 saturated heterocycles. The number of aryl methyl sites for hydroxylation is 3. The van der Waals surface area contributed by atoms with Gasteiger partial charge in [-0.3, -0.25) is 0 Å². The summed E-state index contributed by atoms with van der Waals surface area (Å²) >= 11 is 1.84. The van der Waals surface area contributed by atoms with Gasteiger partial charge in [0, 0.05) is 30.5 Å². The third-order valence-electron chi connectivity index (χ3n) is 4.24. The Balaban J connectivity index is 1.64. The molecule has 1 aliphatic rings. The van der Waals surface area contributed by atoms with Crippen molar-refractivity contribution in [2.45, 2.75) is 58.4 Å². The van der Waals surface area contributed by atoms with E-state index in [2.05, 4.69) is 10.6 Å². The average molecular weight is 325 g/mol. The van der Waals surface area contributed by atoms with E-state index in [0.29, 0.717) is 6.54 Å². The average Bonchev–Trinajstić information content (AvgIpc) is 2.93. The Morgan fingerprint density at radius 3 is 2.86 bits per heavy atom. The van der Waals surface area contributed by atoms with Crippen LogP contribution in [0.2, 0.25) is 0 Å². The fraction of sp³-hybridized carbons (Fsp3) is 0.750. The molecule has 0 fully saturated rings. The van der Waals surface area contributed by atoms with Gasteiger partial charge in [0.25, 0.3) is 0 Å². The van der Waals surface area contributed by atoms with E-state index in [1.165, 1.54) is 34.8 Å². The van der Waals surface area contributed by atoms with Crippen LogP contribution in [0.5, 0.6) is 0 Å². The van der Waals surface area contributed by atoms with Crippen LogP contribution in [0, 0.1) is 5.92 Å². The van der Waals surface area contributed by atoms with E-state index >= 15 is 0 Å². The zero-order valence-electron chi connectivity index (χ0n) is 13.5. The second kappa shape index (κ2) is 8.48. The third kappa shape index (κ3) is 4.95. The molecule has 1 aliphatic carbocycles. The van der Waals surface area contributed by atoms with E-state index in [4.69, 9.17) is 10.1 Å². The van der Waals surface area contributed by atoms with E-state index in [1.807, 2.05) is 25.2 Å². The zero-order chi connectivity index (χ0) is 15.9. The SMILES string of the molecule is CC(CO)C(C)NC(=O)NCCCc1nc2c(s1)CCCC2. The maximum Gasteiger partial charge on any atom is 0.315 e. The van der Waals surface area contributed by atoms with Crippen LogP contribution in [-0.2, 0) is 19.3 Å². The highest BCUT2D eigenvalue weighted by atomic mass is 32.1. The van der Waals surface area contributed by atoms with Gasteiger partial charge in [0.2, 0.25) is 0 Å². The normalized spacial score (nSPS) is 16.7. The van der Waals surface area contributed by atoms with Crippen molar-refractivity contribution in [1.29, 1.82) is 0 Å². The highest BCUT2D eigenvalue weighted by molar-refractivity contribution is 7.11. The molecule has 0 saturated carbocycles. The number of urea groups is 1. The summed E-state index contributed by atoms with van der Waals surface area (Å²) in [6.45, 7) is 4.54. The Labute approximate surface area is 136 Å². The molecule has 0 radical (unpaired) electrons. The molecule has 2 amide bonds. The fourth-order valence-corrected chi connectivity index (χ4v) is 3.71. The molecule has 1 aromatic heterocycles. The summed E-state index contributed by atoms with van der Waals surface area (Å²) in [4.78, 5) is 17.9. The lowest BCUT2D eigenvalue weighted by atomic mass is 10.0. The van der Waals surface area contributed by atoms with Crippen molar-refractivity contribution in [3.63, 3.8) is 0 Å². The van der Waals surface area contributed by atoms with Crippen molar-refractivity contribution < 1.29 is 9.90 Å². The molecule has 2 unspecified atom stereocenters. The van der Waals surface area contributed by atoms with Crippen LogP contribution in [0.3, 0.4) is 0 Å². The van der Waals surface area contributed by atoms with Gasteiger partial charge >= 0.3 is 6.03 Å². The molecule has 0 aromatic carbocycles. The maximum absolute atomic E-state index is 11.7. The second-order valence-corrected chi connectivity index (χ2v) is 7.31. The van der Waals surface area contributed by atoms with Crippen LogP contribution in [0.1, 0.15) is 48.7 Å². The minimum absolute atomic E-state index is 0.0318. The number of aliphatic hydroxyl groups is 1. The first-order valence-electron chi connectivity index (χ1n) is 8.22. The number of nitrogens with zero attached hydrogens (tertiary/aromatic N) is 1. The van der Waals surface area contributed by atoms with E-state index in [0.717, 1.165) is 19.3 Å². The van der Waals surface area contributed by atoms with Gasteiger partial charge in [-0.25, -0.2) is 9.78 Å². The smallest absolute Gasteiger partial charge is 0.315 e. The monoisotopic (exact) mass is 325 g/mol. The number of aliphatic hydroxyl groups excluding tert-OH is 1. The number of hydrogen-bond donors (Lipinski definition) is 3. The molecule has 5 nitrogen and oxygen atoms in total. The number of thiazole rings is 1. The molecular weight excluding hydrogens is 298 g/mol. The Hall–Kier alpha value is -1.14. The lowest BCUT2D eigenvalue weighted by Crippen LogP contribution is -2.44. The number of amides is 2. The Bertz CT molecular complexity index is 466. The lowest BCUT2D eigenvalue weighted by Gasteiger charge is -2.19. The van der Waals surface area contributed by atoms with Gasteiger partial charge in [0.05, 0.1) is 10.7 Å². The quantitative estimate of drug-likeness (QED) is 0.673.